The lowest BCUT2D eigenvalue weighted by Crippen LogP contribution is -2.59. The zero-order chi connectivity index (χ0) is 24.4. The lowest BCUT2D eigenvalue weighted by Gasteiger charge is -2.60. The zero-order valence-electron chi connectivity index (χ0n) is 21.3. The number of amides is 2. The SMILES string of the molecule is CN1C(=O)C=C[C@]2(C)[C@H]3CC[C@]4(C)C(CC(=O)NCc5ccc6[nH]ccc6c5)CC[C@H]4[C@@H]3CC[C@@H]12. The molecule has 0 radical (unpaired) electrons. The van der Waals surface area contributed by atoms with Crippen molar-refractivity contribution in [3.8, 4) is 0 Å². The second-order valence-corrected chi connectivity index (χ2v) is 12.3. The van der Waals surface area contributed by atoms with Crippen molar-refractivity contribution in [1.29, 1.82) is 0 Å². The van der Waals surface area contributed by atoms with E-state index in [0.29, 0.717) is 42.7 Å². The molecular formula is C30H39N3O2. The van der Waals surface area contributed by atoms with Gasteiger partial charge in [-0.1, -0.05) is 26.0 Å². The fourth-order valence-corrected chi connectivity index (χ4v) is 8.89. The van der Waals surface area contributed by atoms with Crippen LogP contribution < -0.4 is 5.32 Å². The molecule has 2 N–H and O–H groups in total. The summed E-state index contributed by atoms with van der Waals surface area (Å²) in [6.07, 6.45) is 13.8. The summed E-state index contributed by atoms with van der Waals surface area (Å²) in [6.45, 7) is 5.48. The van der Waals surface area contributed by atoms with Crippen LogP contribution in [-0.4, -0.2) is 34.8 Å². The molecule has 5 nitrogen and oxygen atoms in total. The number of H-pyrrole nitrogens is 1. The van der Waals surface area contributed by atoms with E-state index < -0.39 is 0 Å². The van der Waals surface area contributed by atoms with Crippen LogP contribution in [0.4, 0.5) is 0 Å². The minimum absolute atomic E-state index is 0.0862. The molecule has 1 aromatic carbocycles. The van der Waals surface area contributed by atoms with Crippen molar-refractivity contribution in [2.45, 2.75) is 71.4 Å². The van der Waals surface area contributed by atoms with Crippen LogP contribution in [0.2, 0.25) is 0 Å². The third-order valence-electron chi connectivity index (χ3n) is 10.9. The number of hydrogen-bond acceptors (Lipinski definition) is 2. The number of aromatic amines is 1. The summed E-state index contributed by atoms with van der Waals surface area (Å²) >= 11 is 0. The highest BCUT2D eigenvalue weighted by Crippen LogP contribution is 2.65. The van der Waals surface area contributed by atoms with Gasteiger partial charge in [0.15, 0.2) is 0 Å². The van der Waals surface area contributed by atoms with Gasteiger partial charge < -0.3 is 15.2 Å². The van der Waals surface area contributed by atoms with Gasteiger partial charge in [0.05, 0.1) is 0 Å². The molecule has 1 aliphatic heterocycles. The smallest absolute Gasteiger partial charge is 0.246 e. The van der Waals surface area contributed by atoms with E-state index in [9.17, 15) is 9.59 Å². The highest BCUT2D eigenvalue weighted by atomic mass is 16.2. The van der Waals surface area contributed by atoms with Crippen LogP contribution in [0, 0.1) is 34.5 Å². The van der Waals surface area contributed by atoms with Crippen molar-refractivity contribution in [3.05, 3.63) is 48.2 Å². The molecule has 3 saturated carbocycles. The molecule has 4 aliphatic rings. The topological polar surface area (TPSA) is 65.2 Å². The standard InChI is InChI=1S/C30H39N3O2/c1-29-13-10-24-22(6-9-26-30(24,2)14-11-28(35)33(26)3)23(29)7-5-21(29)17-27(34)32-18-19-4-8-25-20(16-19)12-15-31-25/h4,8,11-12,14-16,21-24,26,31H,5-7,9-10,13,17-18H2,1-3H3,(H,32,34)/t21?,22-,23-,24-,26+,29+,30+/m0/s1. The van der Waals surface area contributed by atoms with Crippen molar-refractivity contribution >= 4 is 22.7 Å². The van der Waals surface area contributed by atoms with Gasteiger partial charge in [0, 0.05) is 43.2 Å². The molecule has 5 heteroatoms. The van der Waals surface area contributed by atoms with Crippen LogP contribution in [0.1, 0.15) is 64.4 Å². The summed E-state index contributed by atoms with van der Waals surface area (Å²) in [6, 6.07) is 8.74. The largest absolute Gasteiger partial charge is 0.361 e. The Hall–Kier alpha value is -2.56. The van der Waals surface area contributed by atoms with Gasteiger partial charge in [0.25, 0.3) is 0 Å². The Kier molecular flexibility index (Phi) is 5.39. The van der Waals surface area contributed by atoms with E-state index in [1.165, 1.54) is 37.5 Å². The highest BCUT2D eigenvalue weighted by Gasteiger charge is 2.60. The Bertz CT molecular complexity index is 1180. The van der Waals surface area contributed by atoms with E-state index in [2.05, 4.69) is 54.5 Å². The van der Waals surface area contributed by atoms with E-state index in [-0.39, 0.29) is 22.6 Å². The van der Waals surface area contributed by atoms with Crippen LogP contribution in [-0.2, 0) is 16.1 Å². The molecule has 6 rings (SSSR count). The number of hydrogen-bond donors (Lipinski definition) is 2. The van der Waals surface area contributed by atoms with Crippen molar-refractivity contribution in [1.82, 2.24) is 15.2 Å². The fourth-order valence-electron chi connectivity index (χ4n) is 8.89. The number of nitrogens with one attached hydrogen (secondary N) is 2. The lowest BCUT2D eigenvalue weighted by atomic mass is 9.47. The van der Waals surface area contributed by atoms with Gasteiger partial charge >= 0.3 is 0 Å². The Balaban J connectivity index is 1.12. The number of carbonyl (C=O) groups excluding carboxylic acids is 2. The van der Waals surface area contributed by atoms with Crippen molar-refractivity contribution in [2.24, 2.45) is 34.5 Å². The van der Waals surface area contributed by atoms with E-state index in [1.807, 2.05) is 24.2 Å². The lowest BCUT2D eigenvalue weighted by molar-refractivity contribution is -0.139. The molecule has 186 valence electrons. The van der Waals surface area contributed by atoms with Crippen LogP contribution in [0.25, 0.3) is 10.9 Å². The van der Waals surface area contributed by atoms with Crippen molar-refractivity contribution < 1.29 is 9.59 Å². The molecule has 2 aromatic rings. The number of nitrogens with zero attached hydrogens (tertiary/aromatic N) is 1. The summed E-state index contributed by atoms with van der Waals surface area (Å²) in [5, 5.41) is 4.39. The first kappa shape index (κ1) is 22.9. The second kappa shape index (κ2) is 8.25. The first-order valence-electron chi connectivity index (χ1n) is 13.6. The van der Waals surface area contributed by atoms with E-state index >= 15 is 0 Å². The number of rotatable bonds is 4. The summed E-state index contributed by atoms with van der Waals surface area (Å²) in [5.74, 6) is 2.87. The van der Waals surface area contributed by atoms with E-state index in [0.717, 1.165) is 17.5 Å². The third kappa shape index (κ3) is 3.56. The number of aromatic nitrogens is 1. The Morgan fingerprint density at radius 3 is 2.83 bits per heavy atom. The molecule has 0 bridgehead atoms. The Labute approximate surface area is 208 Å². The average Bonchev–Trinajstić information content (AvgIpc) is 3.44. The normalized spacial score (nSPS) is 38.2. The first-order valence-corrected chi connectivity index (χ1v) is 13.6. The molecule has 0 saturated heterocycles. The Morgan fingerprint density at radius 2 is 1.97 bits per heavy atom. The van der Waals surface area contributed by atoms with Gasteiger partial charge in [-0.15, -0.1) is 0 Å². The average molecular weight is 474 g/mol. The zero-order valence-corrected chi connectivity index (χ0v) is 21.3. The van der Waals surface area contributed by atoms with Gasteiger partial charge in [-0.05, 0) is 103 Å². The van der Waals surface area contributed by atoms with Gasteiger partial charge in [0.2, 0.25) is 11.8 Å². The maximum atomic E-state index is 13.0. The first-order chi connectivity index (χ1) is 16.8. The molecule has 7 atom stereocenters. The summed E-state index contributed by atoms with van der Waals surface area (Å²) in [7, 11) is 1.99. The van der Waals surface area contributed by atoms with Crippen LogP contribution in [0.5, 0.6) is 0 Å². The molecule has 1 aromatic heterocycles. The quantitative estimate of drug-likeness (QED) is 0.622. The summed E-state index contributed by atoms with van der Waals surface area (Å²) < 4.78 is 0. The number of carbonyl (C=O) groups is 2. The van der Waals surface area contributed by atoms with Gasteiger partial charge in [-0.2, -0.15) is 0 Å². The molecule has 2 heterocycles. The summed E-state index contributed by atoms with van der Waals surface area (Å²) in [4.78, 5) is 30.6. The van der Waals surface area contributed by atoms with Gasteiger partial charge in [0.1, 0.15) is 0 Å². The molecule has 3 aliphatic carbocycles. The van der Waals surface area contributed by atoms with Gasteiger partial charge in [-0.25, -0.2) is 0 Å². The Morgan fingerprint density at radius 1 is 1.11 bits per heavy atom. The van der Waals surface area contributed by atoms with Crippen LogP contribution >= 0.6 is 0 Å². The fraction of sp³-hybridized carbons (Fsp3) is 0.600. The maximum absolute atomic E-state index is 13.0. The number of likely N-dealkylation sites (N-methyl/N-ethyl adjacent to an activating group) is 1. The van der Waals surface area contributed by atoms with E-state index in [4.69, 9.17) is 0 Å². The predicted molar refractivity (Wildman–Crippen MR) is 138 cm³/mol. The highest BCUT2D eigenvalue weighted by molar-refractivity contribution is 5.89. The minimum atomic E-state index is 0.0862. The van der Waals surface area contributed by atoms with Crippen LogP contribution in [0.3, 0.4) is 0 Å². The molecule has 35 heavy (non-hydrogen) atoms. The van der Waals surface area contributed by atoms with Gasteiger partial charge in [-0.3, -0.25) is 9.59 Å². The third-order valence-corrected chi connectivity index (χ3v) is 10.9. The van der Waals surface area contributed by atoms with E-state index in [1.54, 1.807) is 0 Å². The maximum Gasteiger partial charge on any atom is 0.246 e. The van der Waals surface area contributed by atoms with Crippen molar-refractivity contribution in [2.75, 3.05) is 7.05 Å². The number of benzene rings is 1. The molecule has 0 spiro atoms. The van der Waals surface area contributed by atoms with Crippen molar-refractivity contribution in [3.63, 3.8) is 0 Å². The molecule has 3 fully saturated rings. The second-order valence-electron chi connectivity index (χ2n) is 12.3. The minimum Gasteiger partial charge on any atom is -0.361 e. The molecule has 2 amide bonds. The summed E-state index contributed by atoms with van der Waals surface area (Å²) in [5.41, 5.74) is 2.62. The predicted octanol–water partition coefficient (Wildman–Crippen LogP) is 5.43. The molecular weight excluding hydrogens is 434 g/mol. The number of fused-ring (bicyclic) bond motifs is 6. The monoisotopic (exact) mass is 473 g/mol. The molecule has 1 unspecified atom stereocenters. The van der Waals surface area contributed by atoms with Crippen LogP contribution in [0.15, 0.2) is 42.6 Å².